The number of hydrogen-bond donors (Lipinski definition) is 1. The molecular weight excluding hydrogens is 232 g/mol. The molecule has 1 aromatic rings. The Labute approximate surface area is 106 Å². The van der Waals surface area contributed by atoms with Crippen molar-refractivity contribution in [3.63, 3.8) is 0 Å². The topological polar surface area (TPSA) is 71.3 Å². The predicted octanol–water partition coefficient (Wildman–Crippen LogP) is 1.11. The van der Waals surface area contributed by atoms with E-state index in [0.717, 1.165) is 0 Å². The quantitative estimate of drug-likeness (QED) is 0.818. The molecular formula is C13H16N2O3. The molecule has 0 aliphatic heterocycles. The molecule has 0 heterocycles. The lowest BCUT2D eigenvalue weighted by atomic mass is 10.1. The lowest BCUT2D eigenvalue weighted by Crippen LogP contribution is -2.49. The Hall–Kier alpha value is -2.06. The number of nitrogens with zero attached hydrogens (tertiary/aromatic N) is 1. The van der Waals surface area contributed by atoms with E-state index in [-0.39, 0.29) is 19.1 Å². The fraction of sp³-hybridized carbons (Fsp3) is 0.385. The summed E-state index contributed by atoms with van der Waals surface area (Å²) in [6.45, 7) is 1.59. The highest BCUT2D eigenvalue weighted by Crippen LogP contribution is 2.08. The Morgan fingerprint density at radius 2 is 2.11 bits per heavy atom. The van der Waals surface area contributed by atoms with Gasteiger partial charge < -0.3 is 14.8 Å². The molecule has 1 atom stereocenters. The Kier molecular flexibility index (Phi) is 5.15. The highest BCUT2D eigenvalue weighted by Gasteiger charge is 2.26. The van der Waals surface area contributed by atoms with Gasteiger partial charge in [0.15, 0.2) is 6.61 Å². The molecule has 0 unspecified atom stereocenters. The summed E-state index contributed by atoms with van der Waals surface area (Å²) < 4.78 is 10.2. The van der Waals surface area contributed by atoms with Gasteiger partial charge >= 0.3 is 0 Å². The third kappa shape index (κ3) is 4.44. The zero-order chi connectivity index (χ0) is 13.4. The Bertz CT molecular complexity index is 428. The second-order valence-corrected chi connectivity index (χ2v) is 4.03. The fourth-order valence-corrected chi connectivity index (χ4v) is 1.39. The normalized spacial score (nSPS) is 13.2. The summed E-state index contributed by atoms with van der Waals surface area (Å²) >= 11 is 0. The van der Waals surface area contributed by atoms with Gasteiger partial charge in [-0.1, -0.05) is 18.2 Å². The SMILES string of the molecule is COC[C@](C)(C#N)NC(=O)COc1ccccc1. The second-order valence-electron chi connectivity index (χ2n) is 4.03. The molecule has 1 rings (SSSR count). The van der Waals surface area contributed by atoms with Crippen molar-refractivity contribution in [1.29, 1.82) is 5.26 Å². The Morgan fingerprint density at radius 3 is 2.67 bits per heavy atom. The van der Waals surface area contributed by atoms with Gasteiger partial charge in [0.2, 0.25) is 0 Å². The molecule has 0 spiro atoms. The summed E-state index contributed by atoms with van der Waals surface area (Å²) in [4.78, 5) is 11.6. The van der Waals surface area contributed by atoms with Crippen LogP contribution < -0.4 is 10.1 Å². The van der Waals surface area contributed by atoms with Crippen LogP contribution in [0, 0.1) is 11.3 Å². The number of nitriles is 1. The third-order valence-electron chi connectivity index (χ3n) is 2.21. The van der Waals surface area contributed by atoms with E-state index in [4.69, 9.17) is 14.7 Å². The Morgan fingerprint density at radius 1 is 1.44 bits per heavy atom. The zero-order valence-corrected chi connectivity index (χ0v) is 10.5. The number of carbonyl (C=O) groups is 1. The molecule has 1 aromatic carbocycles. The van der Waals surface area contributed by atoms with Crippen molar-refractivity contribution in [3.8, 4) is 11.8 Å². The third-order valence-corrected chi connectivity index (χ3v) is 2.21. The van der Waals surface area contributed by atoms with Crippen molar-refractivity contribution >= 4 is 5.91 Å². The lowest BCUT2D eigenvalue weighted by molar-refractivity contribution is -0.124. The van der Waals surface area contributed by atoms with Gasteiger partial charge in [-0.15, -0.1) is 0 Å². The van der Waals surface area contributed by atoms with E-state index in [0.29, 0.717) is 5.75 Å². The van der Waals surface area contributed by atoms with Crippen molar-refractivity contribution in [3.05, 3.63) is 30.3 Å². The first kappa shape index (κ1) is 14.0. The van der Waals surface area contributed by atoms with Gasteiger partial charge in [-0.2, -0.15) is 5.26 Å². The molecule has 0 radical (unpaired) electrons. The summed E-state index contributed by atoms with van der Waals surface area (Å²) in [6, 6.07) is 11.0. The maximum absolute atomic E-state index is 11.6. The first-order chi connectivity index (χ1) is 8.59. The van der Waals surface area contributed by atoms with Crippen LogP contribution in [0.5, 0.6) is 5.75 Å². The monoisotopic (exact) mass is 248 g/mol. The largest absolute Gasteiger partial charge is 0.484 e. The van der Waals surface area contributed by atoms with Gasteiger partial charge in [0.05, 0.1) is 12.7 Å². The van der Waals surface area contributed by atoms with Crippen LogP contribution in [0.2, 0.25) is 0 Å². The van der Waals surface area contributed by atoms with Crippen molar-refractivity contribution in [2.24, 2.45) is 0 Å². The first-order valence-electron chi connectivity index (χ1n) is 5.49. The van der Waals surface area contributed by atoms with Gasteiger partial charge in [0.25, 0.3) is 5.91 Å². The standard InChI is InChI=1S/C13H16N2O3/c1-13(9-14,10-17-2)15-12(16)8-18-11-6-4-3-5-7-11/h3-7H,8,10H2,1-2H3,(H,15,16)/t13-/m0/s1. The van der Waals surface area contributed by atoms with E-state index in [1.54, 1.807) is 19.1 Å². The van der Waals surface area contributed by atoms with Crippen molar-refractivity contribution in [2.45, 2.75) is 12.5 Å². The van der Waals surface area contributed by atoms with Crippen LogP contribution in [-0.2, 0) is 9.53 Å². The fourth-order valence-electron chi connectivity index (χ4n) is 1.39. The van der Waals surface area contributed by atoms with Crippen LogP contribution >= 0.6 is 0 Å². The van der Waals surface area contributed by atoms with E-state index in [1.165, 1.54) is 7.11 Å². The number of nitrogens with one attached hydrogen (secondary N) is 1. The molecule has 5 nitrogen and oxygen atoms in total. The van der Waals surface area contributed by atoms with E-state index in [9.17, 15) is 4.79 Å². The van der Waals surface area contributed by atoms with Gasteiger partial charge in [-0.3, -0.25) is 4.79 Å². The number of para-hydroxylation sites is 1. The van der Waals surface area contributed by atoms with Crippen molar-refractivity contribution < 1.29 is 14.3 Å². The van der Waals surface area contributed by atoms with Crippen LogP contribution in [0.25, 0.3) is 0 Å². The summed E-state index contributed by atoms with van der Waals surface area (Å²) in [6.07, 6.45) is 0. The highest BCUT2D eigenvalue weighted by molar-refractivity contribution is 5.78. The number of methoxy groups -OCH3 is 1. The van der Waals surface area contributed by atoms with Gasteiger partial charge in [0.1, 0.15) is 11.3 Å². The summed E-state index contributed by atoms with van der Waals surface area (Å²) in [5.74, 6) is 0.248. The zero-order valence-electron chi connectivity index (χ0n) is 10.5. The van der Waals surface area contributed by atoms with Crippen molar-refractivity contribution in [2.75, 3.05) is 20.3 Å². The molecule has 0 saturated carbocycles. The van der Waals surface area contributed by atoms with E-state index in [1.807, 2.05) is 24.3 Å². The average Bonchev–Trinajstić information content (AvgIpc) is 2.38. The molecule has 96 valence electrons. The molecule has 0 bridgehead atoms. The molecule has 0 fully saturated rings. The summed E-state index contributed by atoms with van der Waals surface area (Å²) in [5, 5.41) is 11.5. The van der Waals surface area contributed by atoms with Gasteiger partial charge in [-0.25, -0.2) is 0 Å². The lowest BCUT2D eigenvalue weighted by Gasteiger charge is -2.22. The number of ether oxygens (including phenoxy) is 2. The van der Waals surface area contributed by atoms with E-state index in [2.05, 4.69) is 5.32 Å². The van der Waals surface area contributed by atoms with Crippen LogP contribution in [0.4, 0.5) is 0 Å². The summed E-state index contributed by atoms with van der Waals surface area (Å²) in [7, 11) is 1.47. The minimum Gasteiger partial charge on any atom is -0.484 e. The average molecular weight is 248 g/mol. The maximum atomic E-state index is 11.6. The van der Waals surface area contributed by atoms with Crippen LogP contribution in [0.1, 0.15) is 6.92 Å². The maximum Gasteiger partial charge on any atom is 0.259 e. The van der Waals surface area contributed by atoms with E-state index >= 15 is 0 Å². The second kappa shape index (κ2) is 6.62. The molecule has 5 heteroatoms. The number of rotatable bonds is 6. The highest BCUT2D eigenvalue weighted by atomic mass is 16.5. The molecule has 1 amide bonds. The molecule has 0 aliphatic carbocycles. The van der Waals surface area contributed by atoms with Crippen molar-refractivity contribution in [1.82, 2.24) is 5.32 Å². The number of amides is 1. The predicted molar refractivity (Wildman–Crippen MR) is 66.0 cm³/mol. The van der Waals surface area contributed by atoms with Crippen LogP contribution in [0.3, 0.4) is 0 Å². The molecule has 1 N–H and O–H groups in total. The minimum absolute atomic E-state index is 0.126. The first-order valence-corrected chi connectivity index (χ1v) is 5.49. The minimum atomic E-state index is -1.04. The van der Waals surface area contributed by atoms with Gasteiger partial charge in [-0.05, 0) is 19.1 Å². The number of hydrogen-bond acceptors (Lipinski definition) is 4. The summed E-state index contributed by atoms with van der Waals surface area (Å²) in [5.41, 5.74) is -1.04. The number of benzene rings is 1. The smallest absolute Gasteiger partial charge is 0.259 e. The molecule has 0 aromatic heterocycles. The molecule has 0 saturated heterocycles. The van der Waals surface area contributed by atoms with E-state index < -0.39 is 5.54 Å². The molecule has 0 aliphatic rings. The van der Waals surface area contributed by atoms with Crippen LogP contribution in [0.15, 0.2) is 30.3 Å². The van der Waals surface area contributed by atoms with Gasteiger partial charge in [0, 0.05) is 7.11 Å². The molecule has 18 heavy (non-hydrogen) atoms. The van der Waals surface area contributed by atoms with Crippen LogP contribution in [-0.4, -0.2) is 31.8 Å². The number of carbonyl (C=O) groups excluding carboxylic acids is 1. The Balaban J connectivity index is 2.45.